The number of amides is 2. The lowest BCUT2D eigenvalue weighted by atomic mass is 10.1. The van der Waals surface area contributed by atoms with Crippen molar-refractivity contribution in [2.24, 2.45) is 0 Å². The van der Waals surface area contributed by atoms with Crippen molar-refractivity contribution in [1.29, 1.82) is 0 Å². The molecule has 11 heteroatoms. The number of ether oxygens (including phenoxy) is 1. The zero-order chi connectivity index (χ0) is 27.7. The number of rotatable bonds is 12. The molecular formula is C27H27ClFN3O5S. The minimum atomic E-state index is -3.92. The van der Waals surface area contributed by atoms with Gasteiger partial charge in [-0.25, -0.2) is 12.8 Å². The van der Waals surface area contributed by atoms with E-state index >= 15 is 0 Å². The smallest absolute Gasteiger partial charge is 0.261 e. The summed E-state index contributed by atoms with van der Waals surface area (Å²) in [7, 11) is -3.92. The minimum Gasteiger partial charge on any atom is -0.484 e. The summed E-state index contributed by atoms with van der Waals surface area (Å²) in [6, 6.07) is 16.5. The second kappa shape index (κ2) is 13.1. The molecule has 0 saturated heterocycles. The van der Waals surface area contributed by atoms with Gasteiger partial charge in [-0.3, -0.25) is 14.3 Å². The van der Waals surface area contributed by atoms with Crippen LogP contribution in [0.4, 0.5) is 10.1 Å². The van der Waals surface area contributed by atoms with Crippen LogP contribution in [-0.4, -0.2) is 44.3 Å². The predicted octanol–water partition coefficient (Wildman–Crippen LogP) is 4.38. The van der Waals surface area contributed by atoms with Crippen molar-refractivity contribution in [3.05, 3.63) is 102 Å². The van der Waals surface area contributed by atoms with Gasteiger partial charge in [-0.1, -0.05) is 29.8 Å². The van der Waals surface area contributed by atoms with Crippen LogP contribution in [0.2, 0.25) is 5.02 Å². The SMILES string of the molecule is C=CCNC(=O)[C@@H](C)N(Cc1ccc(Cl)cc1)C(=O)COc1ccc(S(=O)(=O)Nc2ccc(F)cc2)cc1. The van der Waals surface area contributed by atoms with Crippen molar-refractivity contribution >= 4 is 39.1 Å². The fourth-order valence-electron chi connectivity index (χ4n) is 3.36. The van der Waals surface area contributed by atoms with E-state index in [-0.39, 0.29) is 41.9 Å². The summed E-state index contributed by atoms with van der Waals surface area (Å²) in [4.78, 5) is 27.0. The Morgan fingerprint density at radius 3 is 2.29 bits per heavy atom. The number of nitrogens with one attached hydrogen (secondary N) is 2. The van der Waals surface area contributed by atoms with Crippen LogP contribution in [-0.2, 0) is 26.2 Å². The van der Waals surface area contributed by atoms with Crippen molar-refractivity contribution < 1.29 is 27.1 Å². The lowest BCUT2D eigenvalue weighted by Crippen LogP contribution is -2.49. The molecule has 0 aliphatic rings. The van der Waals surface area contributed by atoms with Gasteiger partial charge in [0.15, 0.2) is 6.61 Å². The molecule has 0 fully saturated rings. The average Bonchev–Trinajstić information content (AvgIpc) is 2.91. The highest BCUT2D eigenvalue weighted by molar-refractivity contribution is 7.92. The summed E-state index contributed by atoms with van der Waals surface area (Å²) in [6.45, 7) is 5.21. The second-order valence-electron chi connectivity index (χ2n) is 8.23. The Morgan fingerprint density at radius 2 is 1.68 bits per heavy atom. The molecule has 3 aromatic rings. The van der Waals surface area contributed by atoms with E-state index in [2.05, 4.69) is 16.6 Å². The van der Waals surface area contributed by atoms with Gasteiger partial charge >= 0.3 is 0 Å². The van der Waals surface area contributed by atoms with Gasteiger partial charge in [0.1, 0.15) is 17.6 Å². The van der Waals surface area contributed by atoms with Crippen molar-refractivity contribution in [2.75, 3.05) is 17.9 Å². The Bertz CT molecular complexity index is 1370. The normalized spacial score (nSPS) is 11.8. The molecule has 0 saturated carbocycles. The molecular weight excluding hydrogens is 533 g/mol. The van der Waals surface area contributed by atoms with E-state index in [0.29, 0.717) is 5.02 Å². The second-order valence-corrected chi connectivity index (χ2v) is 10.3. The number of carbonyl (C=O) groups excluding carboxylic acids is 2. The maximum atomic E-state index is 13.1. The molecule has 0 heterocycles. The highest BCUT2D eigenvalue weighted by Gasteiger charge is 2.26. The molecule has 0 aromatic heterocycles. The van der Waals surface area contributed by atoms with Crippen molar-refractivity contribution in [3.63, 3.8) is 0 Å². The minimum absolute atomic E-state index is 0.0441. The van der Waals surface area contributed by atoms with Crippen molar-refractivity contribution in [2.45, 2.75) is 24.4 Å². The third kappa shape index (κ3) is 8.06. The predicted molar refractivity (Wildman–Crippen MR) is 144 cm³/mol. The molecule has 3 aromatic carbocycles. The van der Waals surface area contributed by atoms with Gasteiger partial charge in [0.05, 0.1) is 4.90 Å². The first-order valence-corrected chi connectivity index (χ1v) is 13.4. The molecule has 2 N–H and O–H groups in total. The van der Waals surface area contributed by atoms with Crippen molar-refractivity contribution in [3.8, 4) is 5.75 Å². The number of benzene rings is 3. The van der Waals surface area contributed by atoms with Gasteiger partial charge in [-0.15, -0.1) is 6.58 Å². The van der Waals surface area contributed by atoms with Gasteiger partial charge in [-0.05, 0) is 73.2 Å². The van der Waals surface area contributed by atoms with Crippen LogP contribution in [0.1, 0.15) is 12.5 Å². The molecule has 0 spiro atoms. The molecule has 3 rings (SSSR count). The zero-order valence-electron chi connectivity index (χ0n) is 20.6. The van der Waals surface area contributed by atoms with Crippen LogP contribution in [0.15, 0.2) is 90.3 Å². The molecule has 8 nitrogen and oxygen atoms in total. The van der Waals surface area contributed by atoms with Crippen LogP contribution in [0.3, 0.4) is 0 Å². The molecule has 0 unspecified atom stereocenters. The standard InChI is InChI=1S/C27H27ClFN3O5S/c1-3-16-30-27(34)19(2)32(17-20-4-6-21(28)7-5-20)26(33)18-37-24-12-14-25(15-13-24)38(35,36)31-23-10-8-22(29)9-11-23/h3-15,19,31H,1,16-18H2,2H3,(H,30,34)/t19-/m1/s1. The fraction of sp³-hybridized carbons (Fsp3) is 0.185. The van der Waals surface area contributed by atoms with E-state index in [9.17, 15) is 22.4 Å². The Kier molecular flexibility index (Phi) is 9.86. The van der Waals surface area contributed by atoms with Crippen LogP contribution in [0.25, 0.3) is 0 Å². The molecule has 38 heavy (non-hydrogen) atoms. The quantitative estimate of drug-likeness (QED) is 0.321. The summed E-state index contributed by atoms with van der Waals surface area (Å²) in [5, 5.41) is 3.23. The monoisotopic (exact) mass is 559 g/mol. The fourth-order valence-corrected chi connectivity index (χ4v) is 4.55. The number of carbonyl (C=O) groups is 2. The van der Waals surface area contributed by atoms with Crippen LogP contribution in [0, 0.1) is 5.82 Å². The van der Waals surface area contributed by atoms with E-state index in [1.54, 1.807) is 31.2 Å². The van der Waals surface area contributed by atoms with Crippen molar-refractivity contribution in [1.82, 2.24) is 10.2 Å². The van der Waals surface area contributed by atoms with Gasteiger partial charge < -0.3 is 15.0 Å². The van der Waals surface area contributed by atoms with E-state index in [1.165, 1.54) is 47.4 Å². The molecule has 0 radical (unpaired) electrons. The van der Waals surface area contributed by atoms with E-state index in [0.717, 1.165) is 17.7 Å². The largest absolute Gasteiger partial charge is 0.484 e. The topological polar surface area (TPSA) is 105 Å². The first kappa shape index (κ1) is 28.7. The molecule has 0 aliphatic carbocycles. The number of hydrogen-bond acceptors (Lipinski definition) is 5. The first-order chi connectivity index (χ1) is 18.1. The summed E-state index contributed by atoms with van der Waals surface area (Å²) in [6.07, 6.45) is 1.54. The molecule has 1 atom stereocenters. The Labute approximate surface area is 226 Å². The summed E-state index contributed by atoms with van der Waals surface area (Å²) in [5.41, 5.74) is 0.985. The van der Waals surface area contributed by atoms with Gasteiger partial charge in [0.2, 0.25) is 5.91 Å². The first-order valence-electron chi connectivity index (χ1n) is 11.5. The van der Waals surface area contributed by atoms with E-state index in [1.807, 2.05) is 0 Å². The molecule has 0 bridgehead atoms. The Morgan fingerprint density at radius 1 is 1.05 bits per heavy atom. The summed E-state index contributed by atoms with van der Waals surface area (Å²) < 4.78 is 46.2. The summed E-state index contributed by atoms with van der Waals surface area (Å²) in [5.74, 6) is -1.02. The Balaban J connectivity index is 1.68. The van der Waals surface area contributed by atoms with Gasteiger partial charge in [0, 0.05) is 23.8 Å². The number of nitrogens with zero attached hydrogens (tertiary/aromatic N) is 1. The summed E-state index contributed by atoms with van der Waals surface area (Å²) >= 11 is 5.95. The number of sulfonamides is 1. The lowest BCUT2D eigenvalue weighted by Gasteiger charge is -2.28. The molecule has 2 amide bonds. The maximum absolute atomic E-state index is 13.1. The molecule has 200 valence electrons. The number of hydrogen-bond donors (Lipinski definition) is 2. The number of halogens is 2. The zero-order valence-corrected chi connectivity index (χ0v) is 22.1. The highest BCUT2D eigenvalue weighted by atomic mass is 35.5. The average molecular weight is 560 g/mol. The Hall–Kier alpha value is -3.89. The third-order valence-corrected chi connectivity index (χ3v) is 7.10. The van der Waals surface area contributed by atoms with Gasteiger partial charge in [0.25, 0.3) is 15.9 Å². The maximum Gasteiger partial charge on any atom is 0.261 e. The van der Waals surface area contributed by atoms with Gasteiger partial charge in [-0.2, -0.15) is 0 Å². The van der Waals surface area contributed by atoms with E-state index in [4.69, 9.17) is 16.3 Å². The third-order valence-electron chi connectivity index (χ3n) is 5.45. The highest BCUT2D eigenvalue weighted by Crippen LogP contribution is 2.20. The van der Waals surface area contributed by atoms with Crippen LogP contribution >= 0.6 is 11.6 Å². The van der Waals surface area contributed by atoms with Crippen LogP contribution in [0.5, 0.6) is 5.75 Å². The van der Waals surface area contributed by atoms with Crippen LogP contribution < -0.4 is 14.8 Å². The van der Waals surface area contributed by atoms with E-state index < -0.39 is 27.8 Å². The molecule has 0 aliphatic heterocycles. The lowest BCUT2D eigenvalue weighted by molar-refractivity contribution is -0.142. The number of anilines is 1.